The number of halogens is 2. The van der Waals surface area contributed by atoms with E-state index in [0.717, 1.165) is 17.7 Å². The van der Waals surface area contributed by atoms with Crippen LogP contribution in [0.5, 0.6) is 0 Å². The second-order valence-electron chi connectivity index (χ2n) is 7.85. The van der Waals surface area contributed by atoms with Crippen molar-refractivity contribution in [3.63, 3.8) is 0 Å². The van der Waals surface area contributed by atoms with E-state index in [1.165, 1.54) is 6.92 Å². The first-order valence-corrected chi connectivity index (χ1v) is 10.3. The van der Waals surface area contributed by atoms with Gasteiger partial charge in [0.15, 0.2) is 0 Å². The second kappa shape index (κ2) is 10.2. The highest BCUT2D eigenvalue weighted by atomic mass is 19.1. The Morgan fingerprint density at radius 3 is 2.41 bits per heavy atom. The third-order valence-corrected chi connectivity index (χ3v) is 5.23. The van der Waals surface area contributed by atoms with Crippen LogP contribution >= 0.6 is 0 Å². The van der Waals surface area contributed by atoms with E-state index in [-0.39, 0.29) is 23.8 Å². The molecule has 168 valence electrons. The van der Waals surface area contributed by atoms with E-state index in [2.05, 4.69) is 10.6 Å². The maximum Gasteiger partial charge on any atom is 0.248 e. The zero-order valence-electron chi connectivity index (χ0n) is 17.8. The first-order valence-electron chi connectivity index (χ1n) is 10.3. The highest BCUT2D eigenvalue weighted by molar-refractivity contribution is 5.93. The number of carbonyl (C=O) groups excluding carboxylic acids is 3. The Balaban J connectivity index is 1.60. The van der Waals surface area contributed by atoms with Gasteiger partial charge in [0.05, 0.1) is 6.42 Å². The smallest absolute Gasteiger partial charge is 0.248 e. The summed E-state index contributed by atoms with van der Waals surface area (Å²) >= 11 is 0. The lowest BCUT2D eigenvalue weighted by molar-refractivity contribution is -0.134. The molecule has 0 bridgehead atoms. The summed E-state index contributed by atoms with van der Waals surface area (Å²) in [6.45, 7) is 1.95. The third kappa shape index (κ3) is 6.00. The lowest BCUT2D eigenvalue weighted by Crippen LogP contribution is -2.52. The molecule has 0 saturated carbocycles. The summed E-state index contributed by atoms with van der Waals surface area (Å²) < 4.78 is 26.6. The van der Waals surface area contributed by atoms with Gasteiger partial charge < -0.3 is 15.5 Å². The number of hydrogen-bond acceptors (Lipinski definition) is 3. The summed E-state index contributed by atoms with van der Waals surface area (Å²) in [5, 5.41) is 5.13. The van der Waals surface area contributed by atoms with E-state index in [1.54, 1.807) is 18.0 Å². The van der Waals surface area contributed by atoms with Crippen molar-refractivity contribution >= 4 is 17.7 Å². The van der Waals surface area contributed by atoms with Crippen molar-refractivity contribution in [2.75, 3.05) is 13.6 Å². The monoisotopic (exact) mass is 441 g/mol. The van der Waals surface area contributed by atoms with Crippen molar-refractivity contribution < 1.29 is 23.2 Å². The van der Waals surface area contributed by atoms with Crippen LogP contribution in [0.15, 0.2) is 60.7 Å². The van der Waals surface area contributed by atoms with Gasteiger partial charge in [-0.2, -0.15) is 0 Å². The summed E-state index contributed by atoms with van der Waals surface area (Å²) in [5.41, 5.74) is 1.22. The van der Waals surface area contributed by atoms with E-state index in [0.29, 0.717) is 12.6 Å². The molecule has 32 heavy (non-hydrogen) atoms. The number of likely N-dealkylation sites (N-methyl/N-ethyl adjacent to an activating group) is 1. The summed E-state index contributed by atoms with van der Waals surface area (Å²) in [6.07, 6.45) is 3.27. The number of nitrogens with zero attached hydrogens (tertiary/aromatic N) is 1. The van der Waals surface area contributed by atoms with Gasteiger partial charge in [-0.3, -0.25) is 14.4 Å². The lowest BCUT2D eigenvalue weighted by Gasteiger charge is -2.23. The van der Waals surface area contributed by atoms with Crippen LogP contribution in [0.2, 0.25) is 0 Å². The highest BCUT2D eigenvalue weighted by Gasteiger charge is 2.28. The van der Waals surface area contributed by atoms with Crippen molar-refractivity contribution in [3.8, 4) is 0 Å². The molecular formula is C24H25F2N3O3. The Kier molecular flexibility index (Phi) is 7.35. The standard InChI is InChI=1S/C24H25F2N3O3/c1-15(27-22(30)12-16-10-19(25)13-20(26)11-16)23(31)28-21-9-8-18(14-29(2)24(21)32)17-6-4-3-5-7-17/h3-11,13,15,18,21H,12,14H2,1-2H3,(H,27,30)(H,28,31)/t15-,18+,21-/m0/s1. The van der Waals surface area contributed by atoms with E-state index in [1.807, 2.05) is 36.4 Å². The van der Waals surface area contributed by atoms with Crippen LogP contribution in [-0.2, 0) is 20.8 Å². The minimum Gasteiger partial charge on any atom is -0.344 e. The molecule has 0 aromatic heterocycles. The lowest BCUT2D eigenvalue weighted by atomic mass is 9.98. The normalized spacial score (nSPS) is 19.2. The molecule has 0 aliphatic carbocycles. The quantitative estimate of drug-likeness (QED) is 0.676. The van der Waals surface area contributed by atoms with E-state index in [4.69, 9.17) is 0 Å². The fraction of sp³-hybridized carbons (Fsp3) is 0.292. The maximum absolute atomic E-state index is 13.3. The van der Waals surface area contributed by atoms with Gasteiger partial charge in [0.1, 0.15) is 23.7 Å². The zero-order chi connectivity index (χ0) is 23.3. The molecular weight excluding hydrogens is 416 g/mol. The van der Waals surface area contributed by atoms with Crippen molar-refractivity contribution in [2.45, 2.75) is 31.3 Å². The third-order valence-electron chi connectivity index (χ3n) is 5.23. The Morgan fingerprint density at radius 1 is 1.09 bits per heavy atom. The molecule has 3 amide bonds. The maximum atomic E-state index is 13.3. The van der Waals surface area contributed by atoms with Crippen LogP contribution in [0.25, 0.3) is 0 Å². The predicted octanol–water partition coefficient (Wildman–Crippen LogP) is 2.31. The van der Waals surface area contributed by atoms with Crippen molar-refractivity contribution in [2.24, 2.45) is 0 Å². The molecule has 0 saturated heterocycles. The molecule has 1 aliphatic rings. The van der Waals surface area contributed by atoms with Gasteiger partial charge in [-0.05, 0) is 30.2 Å². The predicted molar refractivity (Wildman–Crippen MR) is 116 cm³/mol. The Morgan fingerprint density at radius 2 is 1.75 bits per heavy atom. The molecule has 2 aromatic carbocycles. The zero-order valence-corrected chi connectivity index (χ0v) is 17.8. The second-order valence-corrected chi connectivity index (χ2v) is 7.85. The number of hydrogen-bond donors (Lipinski definition) is 2. The number of carbonyl (C=O) groups is 3. The average Bonchev–Trinajstić information content (AvgIpc) is 2.87. The molecule has 3 rings (SSSR count). The van der Waals surface area contributed by atoms with Gasteiger partial charge >= 0.3 is 0 Å². The van der Waals surface area contributed by atoms with Gasteiger partial charge in [-0.25, -0.2) is 8.78 Å². The first kappa shape index (κ1) is 23.1. The molecule has 0 unspecified atom stereocenters. The van der Waals surface area contributed by atoms with Crippen LogP contribution < -0.4 is 10.6 Å². The Bertz CT molecular complexity index is 1010. The summed E-state index contributed by atoms with van der Waals surface area (Å²) in [5.74, 6) is -2.94. The molecule has 1 aliphatic heterocycles. The van der Waals surface area contributed by atoms with Crippen LogP contribution in [0, 0.1) is 11.6 Å². The SMILES string of the molecule is C[C@H](NC(=O)Cc1cc(F)cc(F)c1)C(=O)N[C@H]1C=C[C@@H](c2ccccc2)CN(C)C1=O. The molecule has 0 radical (unpaired) electrons. The molecule has 2 N–H and O–H groups in total. The van der Waals surface area contributed by atoms with Crippen molar-refractivity contribution in [1.29, 1.82) is 0 Å². The fourth-order valence-corrected chi connectivity index (χ4v) is 3.57. The summed E-state index contributed by atoms with van der Waals surface area (Å²) in [7, 11) is 1.67. The van der Waals surface area contributed by atoms with Crippen molar-refractivity contribution in [1.82, 2.24) is 15.5 Å². The minimum atomic E-state index is -0.944. The molecule has 1 heterocycles. The molecule has 3 atom stereocenters. The van der Waals surface area contributed by atoms with Crippen molar-refractivity contribution in [3.05, 3.63) is 83.4 Å². The average molecular weight is 441 g/mol. The van der Waals surface area contributed by atoms with Gasteiger partial charge in [-0.1, -0.05) is 42.5 Å². The Hall–Kier alpha value is -3.55. The van der Waals surface area contributed by atoms with E-state index in [9.17, 15) is 23.2 Å². The first-order chi connectivity index (χ1) is 15.2. The van der Waals surface area contributed by atoms with Crippen LogP contribution in [0.4, 0.5) is 8.78 Å². The van der Waals surface area contributed by atoms with E-state index < -0.39 is 35.5 Å². The molecule has 2 aromatic rings. The number of nitrogens with one attached hydrogen (secondary N) is 2. The van der Waals surface area contributed by atoms with Gasteiger partial charge in [-0.15, -0.1) is 0 Å². The van der Waals surface area contributed by atoms with Gasteiger partial charge in [0, 0.05) is 25.6 Å². The number of benzene rings is 2. The number of amides is 3. The van der Waals surface area contributed by atoms with Crippen LogP contribution in [0.1, 0.15) is 24.0 Å². The molecule has 6 nitrogen and oxygen atoms in total. The highest BCUT2D eigenvalue weighted by Crippen LogP contribution is 2.21. The Labute approximate surface area is 185 Å². The molecule has 8 heteroatoms. The largest absolute Gasteiger partial charge is 0.344 e. The topological polar surface area (TPSA) is 78.5 Å². The van der Waals surface area contributed by atoms with Gasteiger partial charge in [0.2, 0.25) is 17.7 Å². The van der Waals surface area contributed by atoms with Crippen LogP contribution in [-0.4, -0.2) is 48.3 Å². The van der Waals surface area contributed by atoms with Gasteiger partial charge in [0.25, 0.3) is 0 Å². The molecule has 0 fully saturated rings. The number of rotatable bonds is 6. The van der Waals surface area contributed by atoms with E-state index >= 15 is 0 Å². The van der Waals surface area contributed by atoms with Crippen LogP contribution in [0.3, 0.4) is 0 Å². The summed E-state index contributed by atoms with van der Waals surface area (Å²) in [4.78, 5) is 39.0. The minimum absolute atomic E-state index is 0.00385. The molecule has 0 spiro atoms. The fourth-order valence-electron chi connectivity index (χ4n) is 3.57. The summed E-state index contributed by atoms with van der Waals surface area (Å²) in [6, 6.07) is 10.8.